The Bertz CT molecular complexity index is 911. The van der Waals surface area contributed by atoms with Gasteiger partial charge in [-0.05, 0) is 42.8 Å². The molecule has 1 aromatic heterocycles. The normalized spacial score (nSPS) is 10.4. The Morgan fingerprint density at radius 3 is 2.48 bits per heavy atom. The Labute approximate surface area is 143 Å². The molecule has 3 aromatic rings. The molecule has 0 radical (unpaired) electrons. The van der Waals surface area contributed by atoms with Gasteiger partial charge >= 0.3 is 0 Å². The fourth-order valence-electron chi connectivity index (χ4n) is 2.25. The number of nitrogens with one attached hydrogen (secondary N) is 2. The molecule has 0 unspecified atom stereocenters. The van der Waals surface area contributed by atoms with Crippen LogP contribution in [0.15, 0.2) is 60.8 Å². The first kappa shape index (κ1) is 16.6. The monoisotopic (exact) mass is 339 g/mol. The van der Waals surface area contributed by atoms with Gasteiger partial charge in [-0.2, -0.15) is 0 Å². The Hall–Kier alpha value is -3.28. The molecular formula is C19H15F2N3O. The number of rotatable bonds is 4. The summed E-state index contributed by atoms with van der Waals surface area (Å²) in [5, 5.41) is 5.58. The predicted octanol–water partition coefficient (Wildman–Crippen LogP) is 4.66. The van der Waals surface area contributed by atoms with Crippen LogP contribution in [0.2, 0.25) is 0 Å². The topological polar surface area (TPSA) is 54.0 Å². The number of anilines is 3. The van der Waals surface area contributed by atoms with E-state index in [-0.39, 0.29) is 11.4 Å². The van der Waals surface area contributed by atoms with E-state index in [9.17, 15) is 13.6 Å². The Morgan fingerprint density at radius 2 is 1.80 bits per heavy atom. The molecule has 6 heteroatoms. The Balaban J connectivity index is 1.71. The van der Waals surface area contributed by atoms with Crippen molar-refractivity contribution in [2.75, 3.05) is 10.6 Å². The first-order valence-corrected chi connectivity index (χ1v) is 7.58. The van der Waals surface area contributed by atoms with Crippen LogP contribution in [0.25, 0.3) is 0 Å². The summed E-state index contributed by atoms with van der Waals surface area (Å²) in [6, 6.07) is 14.0. The Kier molecular flexibility index (Phi) is 4.70. The number of hydrogen-bond acceptors (Lipinski definition) is 3. The molecule has 4 nitrogen and oxygen atoms in total. The summed E-state index contributed by atoms with van der Waals surface area (Å²) in [5.41, 5.74) is 2.76. The molecule has 25 heavy (non-hydrogen) atoms. The zero-order valence-electron chi connectivity index (χ0n) is 13.4. The summed E-state index contributed by atoms with van der Waals surface area (Å²) >= 11 is 0. The smallest absolute Gasteiger partial charge is 0.274 e. The first-order valence-electron chi connectivity index (χ1n) is 7.58. The van der Waals surface area contributed by atoms with Crippen LogP contribution in [0.5, 0.6) is 0 Å². The minimum atomic E-state index is -0.841. The highest BCUT2D eigenvalue weighted by atomic mass is 19.1. The number of nitrogens with zero attached hydrogens (tertiary/aromatic N) is 1. The van der Waals surface area contributed by atoms with Crippen LogP contribution in [0.1, 0.15) is 16.1 Å². The SMILES string of the molecule is Cc1ccccc1Nc1ccc(C(=O)Nc2ccc(F)cc2F)nc1. The zero-order valence-corrected chi connectivity index (χ0v) is 13.4. The first-order chi connectivity index (χ1) is 12.0. The van der Waals surface area contributed by atoms with E-state index in [0.717, 1.165) is 29.1 Å². The second-order valence-electron chi connectivity index (χ2n) is 5.45. The average Bonchev–Trinajstić information content (AvgIpc) is 2.60. The summed E-state index contributed by atoms with van der Waals surface area (Å²) in [7, 11) is 0. The lowest BCUT2D eigenvalue weighted by atomic mass is 10.2. The molecule has 0 aliphatic rings. The number of aromatic nitrogens is 1. The van der Waals surface area contributed by atoms with Gasteiger partial charge in [0.05, 0.1) is 17.6 Å². The number of halogens is 2. The largest absolute Gasteiger partial charge is 0.354 e. The third-order valence-corrected chi connectivity index (χ3v) is 3.60. The molecule has 1 amide bonds. The molecule has 0 fully saturated rings. The fraction of sp³-hybridized carbons (Fsp3) is 0.0526. The average molecular weight is 339 g/mol. The Morgan fingerprint density at radius 1 is 1.00 bits per heavy atom. The summed E-state index contributed by atoms with van der Waals surface area (Å²) in [5.74, 6) is -2.13. The van der Waals surface area contributed by atoms with Crippen molar-refractivity contribution in [3.63, 3.8) is 0 Å². The van der Waals surface area contributed by atoms with Gasteiger partial charge in [0.25, 0.3) is 5.91 Å². The quantitative estimate of drug-likeness (QED) is 0.727. The van der Waals surface area contributed by atoms with E-state index in [1.807, 2.05) is 31.2 Å². The summed E-state index contributed by atoms with van der Waals surface area (Å²) in [6.45, 7) is 1.98. The van der Waals surface area contributed by atoms with Crippen molar-refractivity contribution in [1.29, 1.82) is 0 Å². The molecule has 1 heterocycles. The molecule has 0 spiro atoms. The number of aryl methyl sites for hydroxylation is 1. The molecule has 126 valence electrons. The summed E-state index contributed by atoms with van der Waals surface area (Å²) in [4.78, 5) is 16.2. The third-order valence-electron chi connectivity index (χ3n) is 3.60. The lowest BCUT2D eigenvalue weighted by Crippen LogP contribution is -2.14. The number of pyridine rings is 1. The van der Waals surface area contributed by atoms with Gasteiger partial charge in [0, 0.05) is 11.8 Å². The number of para-hydroxylation sites is 1. The van der Waals surface area contributed by atoms with Crippen molar-refractivity contribution < 1.29 is 13.6 Å². The number of carbonyl (C=O) groups excluding carboxylic acids is 1. The molecular weight excluding hydrogens is 324 g/mol. The van der Waals surface area contributed by atoms with Gasteiger partial charge in [-0.25, -0.2) is 13.8 Å². The molecule has 0 aliphatic carbocycles. The van der Waals surface area contributed by atoms with E-state index >= 15 is 0 Å². The lowest BCUT2D eigenvalue weighted by Gasteiger charge is -2.10. The number of carbonyl (C=O) groups is 1. The van der Waals surface area contributed by atoms with E-state index in [1.54, 1.807) is 6.07 Å². The van der Waals surface area contributed by atoms with Crippen LogP contribution < -0.4 is 10.6 Å². The highest BCUT2D eigenvalue weighted by Gasteiger charge is 2.11. The number of benzene rings is 2. The van der Waals surface area contributed by atoms with Gasteiger partial charge in [-0.15, -0.1) is 0 Å². The second kappa shape index (κ2) is 7.09. The molecule has 0 saturated heterocycles. The minimum Gasteiger partial charge on any atom is -0.354 e. The van der Waals surface area contributed by atoms with Crippen LogP contribution in [-0.2, 0) is 0 Å². The van der Waals surface area contributed by atoms with Crippen molar-refractivity contribution in [3.05, 3.63) is 83.7 Å². The molecule has 2 aromatic carbocycles. The predicted molar refractivity (Wildman–Crippen MR) is 93.0 cm³/mol. The molecule has 0 aliphatic heterocycles. The maximum atomic E-state index is 13.6. The van der Waals surface area contributed by atoms with Crippen LogP contribution >= 0.6 is 0 Å². The highest BCUT2D eigenvalue weighted by Crippen LogP contribution is 2.20. The van der Waals surface area contributed by atoms with E-state index in [0.29, 0.717) is 6.07 Å². The van der Waals surface area contributed by atoms with Crippen LogP contribution in [0, 0.1) is 18.6 Å². The molecule has 0 saturated carbocycles. The molecule has 3 rings (SSSR count). The lowest BCUT2D eigenvalue weighted by molar-refractivity contribution is 0.102. The molecule has 0 atom stereocenters. The zero-order chi connectivity index (χ0) is 17.8. The van der Waals surface area contributed by atoms with Crippen molar-refractivity contribution in [2.24, 2.45) is 0 Å². The third kappa shape index (κ3) is 3.98. The number of amides is 1. The van der Waals surface area contributed by atoms with Crippen LogP contribution in [0.3, 0.4) is 0 Å². The van der Waals surface area contributed by atoms with Gasteiger partial charge < -0.3 is 10.6 Å². The van der Waals surface area contributed by atoms with E-state index in [4.69, 9.17) is 0 Å². The standard InChI is InChI=1S/C19H15F2N3O/c1-12-4-2-3-5-16(12)23-14-7-9-18(22-11-14)19(25)24-17-8-6-13(20)10-15(17)21/h2-11,23H,1H3,(H,24,25). The maximum Gasteiger partial charge on any atom is 0.274 e. The van der Waals surface area contributed by atoms with Crippen molar-refractivity contribution >= 4 is 23.0 Å². The minimum absolute atomic E-state index is 0.102. The fourth-order valence-corrected chi connectivity index (χ4v) is 2.25. The van der Waals surface area contributed by atoms with Crippen LogP contribution in [-0.4, -0.2) is 10.9 Å². The van der Waals surface area contributed by atoms with E-state index < -0.39 is 17.5 Å². The summed E-state index contributed by atoms with van der Waals surface area (Å²) < 4.78 is 26.5. The van der Waals surface area contributed by atoms with Crippen molar-refractivity contribution in [3.8, 4) is 0 Å². The van der Waals surface area contributed by atoms with Crippen molar-refractivity contribution in [2.45, 2.75) is 6.92 Å². The second-order valence-corrected chi connectivity index (χ2v) is 5.45. The molecule has 0 bridgehead atoms. The van der Waals surface area contributed by atoms with Gasteiger partial charge in [-0.1, -0.05) is 18.2 Å². The molecule has 2 N–H and O–H groups in total. The van der Waals surface area contributed by atoms with Crippen molar-refractivity contribution in [1.82, 2.24) is 4.98 Å². The summed E-state index contributed by atoms with van der Waals surface area (Å²) in [6.07, 6.45) is 1.52. The van der Waals surface area contributed by atoms with Crippen LogP contribution in [0.4, 0.5) is 25.8 Å². The van der Waals surface area contributed by atoms with E-state index in [2.05, 4.69) is 15.6 Å². The van der Waals surface area contributed by atoms with Gasteiger partial charge in [0.2, 0.25) is 0 Å². The number of hydrogen-bond donors (Lipinski definition) is 2. The maximum absolute atomic E-state index is 13.6. The van der Waals surface area contributed by atoms with Gasteiger partial charge in [0.15, 0.2) is 0 Å². The highest BCUT2D eigenvalue weighted by molar-refractivity contribution is 6.03. The van der Waals surface area contributed by atoms with Gasteiger partial charge in [0.1, 0.15) is 17.3 Å². The van der Waals surface area contributed by atoms with Gasteiger partial charge in [-0.3, -0.25) is 4.79 Å². The van der Waals surface area contributed by atoms with E-state index in [1.165, 1.54) is 12.3 Å².